The summed E-state index contributed by atoms with van der Waals surface area (Å²) in [5.74, 6) is 0.748. The maximum atomic E-state index is 13.5. The van der Waals surface area contributed by atoms with Gasteiger partial charge in [0.25, 0.3) is 0 Å². The zero-order valence-corrected chi connectivity index (χ0v) is 21.4. The standard InChI is InChI=1S/C29H30N2O4S/c1-21-8-10-23(11-9-21)28-27(22-6-4-3-5-7-22)26-20-24(12-13-25(26)29(28)32)35-19-18-30-14-16-31(17-15-30)36(2,33)34/h3-13,20H,14-19H2,1-2H3. The van der Waals surface area contributed by atoms with E-state index in [9.17, 15) is 13.2 Å². The number of hydrogen-bond acceptors (Lipinski definition) is 5. The highest BCUT2D eigenvalue weighted by molar-refractivity contribution is 7.88. The van der Waals surface area contributed by atoms with Gasteiger partial charge in [0.1, 0.15) is 12.4 Å². The van der Waals surface area contributed by atoms with Crippen LogP contribution in [0.15, 0.2) is 72.8 Å². The summed E-state index contributed by atoms with van der Waals surface area (Å²) in [5.41, 5.74) is 6.29. The van der Waals surface area contributed by atoms with E-state index in [-0.39, 0.29) is 5.78 Å². The highest BCUT2D eigenvalue weighted by Gasteiger charge is 2.32. The molecular formula is C29H30N2O4S. The van der Waals surface area contributed by atoms with Crippen molar-refractivity contribution in [2.45, 2.75) is 6.92 Å². The Morgan fingerprint density at radius 2 is 1.47 bits per heavy atom. The number of sulfonamides is 1. The van der Waals surface area contributed by atoms with Gasteiger partial charge >= 0.3 is 0 Å². The lowest BCUT2D eigenvalue weighted by atomic mass is 9.94. The van der Waals surface area contributed by atoms with E-state index in [4.69, 9.17) is 4.74 Å². The molecule has 0 aromatic heterocycles. The molecule has 0 N–H and O–H groups in total. The first kappa shape index (κ1) is 24.4. The van der Waals surface area contributed by atoms with Crippen molar-refractivity contribution in [2.24, 2.45) is 0 Å². The van der Waals surface area contributed by atoms with Gasteiger partial charge in [0.2, 0.25) is 10.0 Å². The fourth-order valence-corrected chi connectivity index (χ4v) is 5.71. The summed E-state index contributed by atoms with van der Waals surface area (Å²) in [6.07, 6.45) is 1.26. The quantitative estimate of drug-likeness (QED) is 0.487. The van der Waals surface area contributed by atoms with E-state index >= 15 is 0 Å². The number of nitrogens with zero attached hydrogens (tertiary/aromatic N) is 2. The third-order valence-electron chi connectivity index (χ3n) is 6.86. The van der Waals surface area contributed by atoms with Gasteiger partial charge in [-0.15, -0.1) is 0 Å². The Kier molecular flexibility index (Phi) is 6.79. The first-order valence-electron chi connectivity index (χ1n) is 12.2. The fourth-order valence-electron chi connectivity index (χ4n) is 4.88. The maximum Gasteiger partial charge on any atom is 0.211 e. The molecule has 1 aliphatic heterocycles. The van der Waals surface area contributed by atoms with Crippen molar-refractivity contribution >= 4 is 27.0 Å². The summed E-state index contributed by atoms with van der Waals surface area (Å²) in [7, 11) is -3.13. The fraction of sp³-hybridized carbons (Fsp3) is 0.276. The van der Waals surface area contributed by atoms with Crippen LogP contribution in [-0.2, 0) is 10.0 Å². The second-order valence-corrected chi connectivity index (χ2v) is 11.4. The minimum absolute atomic E-state index is 0.0306. The summed E-state index contributed by atoms with van der Waals surface area (Å²) in [6, 6.07) is 23.8. The Hall–Kier alpha value is -3.26. The molecule has 0 saturated carbocycles. The van der Waals surface area contributed by atoms with Crippen molar-refractivity contribution in [3.8, 4) is 5.75 Å². The van der Waals surface area contributed by atoms with E-state index in [2.05, 4.69) is 4.90 Å². The normalized spacial score (nSPS) is 16.9. The predicted octanol–water partition coefficient (Wildman–Crippen LogP) is 4.11. The van der Waals surface area contributed by atoms with Crippen molar-refractivity contribution < 1.29 is 17.9 Å². The third kappa shape index (κ3) is 5.00. The van der Waals surface area contributed by atoms with Crippen LogP contribution in [0.25, 0.3) is 11.1 Å². The molecule has 3 aromatic rings. The number of benzene rings is 3. The summed E-state index contributed by atoms with van der Waals surface area (Å²) in [6.45, 7) is 5.63. The molecule has 1 saturated heterocycles. The van der Waals surface area contributed by atoms with Crippen LogP contribution in [0.1, 0.15) is 32.6 Å². The number of fused-ring (bicyclic) bond motifs is 1. The van der Waals surface area contributed by atoms with E-state index in [1.165, 1.54) is 10.6 Å². The van der Waals surface area contributed by atoms with Crippen molar-refractivity contribution in [3.05, 3.63) is 101 Å². The molecular weight excluding hydrogens is 472 g/mol. The molecule has 0 amide bonds. The highest BCUT2D eigenvalue weighted by atomic mass is 32.2. The van der Waals surface area contributed by atoms with Gasteiger partial charge in [0.15, 0.2) is 5.78 Å². The van der Waals surface area contributed by atoms with Crippen molar-refractivity contribution in [3.63, 3.8) is 0 Å². The average molecular weight is 503 g/mol. The van der Waals surface area contributed by atoms with Crippen molar-refractivity contribution in [1.82, 2.24) is 9.21 Å². The Labute approximate surface area is 212 Å². The number of hydrogen-bond donors (Lipinski definition) is 0. The molecule has 1 heterocycles. The van der Waals surface area contributed by atoms with E-state index in [1.807, 2.05) is 79.7 Å². The van der Waals surface area contributed by atoms with E-state index in [1.54, 1.807) is 0 Å². The van der Waals surface area contributed by atoms with Crippen LogP contribution in [0.4, 0.5) is 0 Å². The van der Waals surface area contributed by atoms with Gasteiger partial charge in [-0.1, -0.05) is 60.2 Å². The lowest BCUT2D eigenvalue weighted by Gasteiger charge is -2.33. The number of carbonyl (C=O) groups excluding carboxylic acids is 1. The molecule has 0 atom stereocenters. The minimum atomic E-state index is -3.13. The largest absolute Gasteiger partial charge is 0.492 e. The Morgan fingerprint density at radius 3 is 2.14 bits per heavy atom. The average Bonchev–Trinajstić information content (AvgIpc) is 3.16. The zero-order chi connectivity index (χ0) is 25.3. The molecule has 7 heteroatoms. The highest BCUT2D eigenvalue weighted by Crippen LogP contribution is 2.43. The molecule has 0 bridgehead atoms. The molecule has 2 aliphatic rings. The number of aryl methyl sites for hydroxylation is 1. The van der Waals surface area contributed by atoms with Crippen LogP contribution in [0, 0.1) is 6.92 Å². The monoisotopic (exact) mass is 502 g/mol. The van der Waals surface area contributed by atoms with Gasteiger partial charge < -0.3 is 4.74 Å². The van der Waals surface area contributed by atoms with Gasteiger partial charge in [0.05, 0.1) is 6.26 Å². The van der Waals surface area contributed by atoms with Gasteiger partial charge in [-0.3, -0.25) is 9.69 Å². The second kappa shape index (κ2) is 10.0. The molecule has 6 nitrogen and oxygen atoms in total. The third-order valence-corrected chi connectivity index (χ3v) is 8.16. The number of ketones is 1. The maximum absolute atomic E-state index is 13.5. The van der Waals surface area contributed by atoms with Crippen LogP contribution in [-0.4, -0.2) is 69.0 Å². The van der Waals surface area contributed by atoms with Gasteiger partial charge in [-0.2, -0.15) is 4.31 Å². The van der Waals surface area contributed by atoms with Crippen molar-refractivity contribution in [2.75, 3.05) is 45.6 Å². The molecule has 1 aliphatic carbocycles. The molecule has 0 unspecified atom stereocenters. The molecule has 1 fully saturated rings. The van der Waals surface area contributed by atoms with Crippen LogP contribution in [0.2, 0.25) is 0 Å². The lowest BCUT2D eigenvalue weighted by Crippen LogP contribution is -2.49. The number of rotatable bonds is 7. The molecule has 3 aromatic carbocycles. The number of ether oxygens (including phenoxy) is 1. The summed E-state index contributed by atoms with van der Waals surface area (Å²) < 4.78 is 31.1. The minimum Gasteiger partial charge on any atom is -0.492 e. The van der Waals surface area contributed by atoms with Crippen LogP contribution in [0.5, 0.6) is 5.75 Å². The SMILES string of the molecule is Cc1ccc(C2=C(c3ccccc3)c3cc(OCCN4CCN(S(C)(=O)=O)CC4)ccc3C2=O)cc1. The lowest BCUT2D eigenvalue weighted by molar-refractivity contribution is 0.105. The first-order chi connectivity index (χ1) is 17.3. The summed E-state index contributed by atoms with van der Waals surface area (Å²) >= 11 is 0. The molecule has 5 rings (SSSR count). The van der Waals surface area contributed by atoms with Crippen LogP contribution in [0.3, 0.4) is 0 Å². The molecule has 36 heavy (non-hydrogen) atoms. The van der Waals surface area contributed by atoms with E-state index < -0.39 is 10.0 Å². The first-order valence-corrected chi connectivity index (χ1v) is 14.0. The van der Waals surface area contributed by atoms with Gasteiger partial charge in [0, 0.05) is 49.4 Å². The Morgan fingerprint density at radius 1 is 0.806 bits per heavy atom. The number of Topliss-reactive ketones (excluding diaryl/α,β-unsaturated/α-hetero) is 1. The van der Waals surface area contributed by atoms with Crippen molar-refractivity contribution in [1.29, 1.82) is 0 Å². The van der Waals surface area contributed by atoms with Gasteiger partial charge in [-0.25, -0.2) is 8.42 Å². The summed E-state index contributed by atoms with van der Waals surface area (Å²) in [5, 5.41) is 0. The van der Waals surface area contributed by atoms with Gasteiger partial charge in [-0.05, 0) is 41.8 Å². The number of piperazine rings is 1. The predicted molar refractivity (Wildman–Crippen MR) is 143 cm³/mol. The Balaban J connectivity index is 1.37. The second-order valence-electron chi connectivity index (χ2n) is 9.37. The topological polar surface area (TPSA) is 66.9 Å². The van der Waals surface area contributed by atoms with E-state index in [0.29, 0.717) is 44.9 Å². The van der Waals surface area contributed by atoms with Crippen LogP contribution >= 0.6 is 0 Å². The number of allylic oxidation sites excluding steroid dienone is 1. The zero-order valence-electron chi connectivity index (χ0n) is 20.6. The van der Waals surface area contributed by atoms with E-state index in [0.717, 1.165) is 39.1 Å². The smallest absolute Gasteiger partial charge is 0.211 e. The molecule has 186 valence electrons. The van der Waals surface area contributed by atoms with Crippen LogP contribution < -0.4 is 4.74 Å². The number of carbonyl (C=O) groups is 1. The summed E-state index contributed by atoms with van der Waals surface area (Å²) in [4.78, 5) is 15.8. The molecule has 0 radical (unpaired) electrons. The Bertz CT molecular complexity index is 1410. The molecule has 0 spiro atoms.